The van der Waals surface area contributed by atoms with Crippen LogP contribution < -0.4 is 5.32 Å². The molecule has 1 atom stereocenters. The summed E-state index contributed by atoms with van der Waals surface area (Å²) in [7, 11) is 1.88. The highest BCUT2D eigenvalue weighted by Crippen LogP contribution is 2.28. The average Bonchev–Trinajstić information content (AvgIpc) is 2.29. The number of hydrogen-bond donors (Lipinski definition) is 1. The Morgan fingerprint density at radius 3 is 2.69 bits per heavy atom. The van der Waals surface area contributed by atoms with E-state index in [1.165, 1.54) is 16.7 Å². The van der Waals surface area contributed by atoms with E-state index in [-0.39, 0.29) is 5.92 Å². The summed E-state index contributed by atoms with van der Waals surface area (Å²) in [6.07, 6.45) is 1.90. The highest BCUT2D eigenvalue weighted by Gasteiger charge is 2.13. The van der Waals surface area contributed by atoms with Crippen molar-refractivity contribution in [3.63, 3.8) is 0 Å². The summed E-state index contributed by atoms with van der Waals surface area (Å²) in [5, 5.41) is 3.01. The van der Waals surface area contributed by atoms with Gasteiger partial charge in [-0.25, -0.2) is 0 Å². The van der Waals surface area contributed by atoms with E-state index in [9.17, 15) is 0 Å². The fraction of sp³-hybridized carbons (Fsp3) is 0.357. The number of nitrogens with one attached hydrogen (secondary N) is 1. The minimum atomic E-state index is 0.268. The molecule has 0 spiro atoms. The smallest absolute Gasteiger partial charge is 0.0624 e. The van der Waals surface area contributed by atoms with Crippen LogP contribution in [-0.4, -0.2) is 13.8 Å². The van der Waals surface area contributed by atoms with Crippen LogP contribution in [0.15, 0.2) is 35.1 Å². The molecule has 0 aromatic heterocycles. The molecule has 2 nitrogen and oxygen atoms in total. The Morgan fingerprint density at radius 1 is 1.44 bits per heavy atom. The molecular formula is C14H20N2. The fourth-order valence-corrected chi connectivity index (χ4v) is 1.86. The van der Waals surface area contributed by atoms with Crippen molar-refractivity contribution >= 4 is 6.72 Å². The van der Waals surface area contributed by atoms with Crippen molar-refractivity contribution in [2.75, 3.05) is 7.05 Å². The second-order valence-electron chi connectivity index (χ2n) is 4.03. The molecule has 0 saturated carbocycles. The lowest BCUT2D eigenvalue weighted by Crippen LogP contribution is -2.04. The van der Waals surface area contributed by atoms with Crippen LogP contribution in [0.25, 0.3) is 0 Å². The summed E-state index contributed by atoms with van der Waals surface area (Å²) >= 11 is 0. The Kier molecular flexibility index (Phi) is 4.29. The van der Waals surface area contributed by atoms with Crippen molar-refractivity contribution in [3.8, 4) is 0 Å². The van der Waals surface area contributed by atoms with Gasteiger partial charge in [0.25, 0.3) is 0 Å². The average molecular weight is 216 g/mol. The van der Waals surface area contributed by atoms with Crippen LogP contribution in [0.5, 0.6) is 0 Å². The van der Waals surface area contributed by atoms with Gasteiger partial charge in [0, 0.05) is 19.2 Å². The molecule has 0 heterocycles. The van der Waals surface area contributed by atoms with E-state index >= 15 is 0 Å². The Bertz CT molecular complexity index is 405. The monoisotopic (exact) mass is 216 g/mol. The van der Waals surface area contributed by atoms with Crippen molar-refractivity contribution in [1.29, 1.82) is 0 Å². The summed E-state index contributed by atoms with van der Waals surface area (Å²) in [6, 6.07) is 6.38. The molecule has 0 aliphatic rings. The molecule has 1 aromatic rings. The lowest BCUT2D eigenvalue weighted by atomic mass is 9.91. The molecule has 86 valence electrons. The van der Waals surface area contributed by atoms with Gasteiger partial charge in [-0.05, 0) is 37.3 Å². The molecule has 1 N–H and O–H groups in total. The van der Waals surface area contributed by atoms with Crippen LogP contribution in [0.3, 0.4) is 0 Å². The molecule has 0 saturated heterocycles. The van der Waals surface area contributed by atoms with Crippen LogP contribution in [0.1, 0.15) is 29.5 Å². The van der Waals surface area contributed by atoms with Gasteiger partial charge in [0.1, 0.15) is 0 Å². The van der Waals surface area contributed by atoms with E-state index < -0.39 is 0 Å². The maximum atomic E-state index is 4.07. The quantitative estimate of drug-likeness (QED) is 0.768. The summed E-state index contributed by atoms with van der Waals surface area (Å²) in [4.78, 5) is 4.07. The van der Waals surface area contributed by atoms with E-state index in [1.54, 1.807) is 0 Å². The number of nitrogens with zero attached hydrogens (tertiary/aromatic N) is 1. The van der Waals surface area contributed by atoms with Gasteiger partial charge in [-0.2, -0.15) is 0 Å². The fourth-order valence-electron chi connectivity index (χ4n) is 1.86. The van der Waals surface area contributed by atoms with Gasteiger partial charge in [0.2, 0.25) is 0 Å². The number of benzene rings is 1. The van der Waals surface area contributed by atoms with Crippen molar-refractivity contribution in [3.05, 3.63) is 46.8 Å². The Balaban J connectivity index is 3.13. The molecule has 0 aliphatic heterocycles. The number of aliphatic imine (C=N–C) groups is 1. The third kappa shape index (κ3) is 2.51. The second kappa shape index (κ2) is 5.50. The summed E-state index contributed by atoms with van der Waals surface area (Å²) in [5.74, 6) is 0.268. The van der Waals surface area contributed by atoms with Gasteiger partial charge < -0.3 is 5.32 Å². The van der Waals surface area contributed by atoms with Crippen molar-refractivity contribution in [2.24, 2.45) is 4.99 Å². The summed E-state index contributed by atoms with van der Waals surface area (Å²) < 4.78 is 0. The molecule has 0 unspecified atom stereocenters. The zero-order valence-electron chi connectivity index (χ0n) is 10.5. The molecule has 2 heteroatoms. The number of aryl methyl sites for hydroxylation is 1. The van der Waals surface area contributed by atoms with E-state index in [0.717, 1.165) is 5.70 Å². The van der Waals surface area contributed by atoms with E-state index in [2.05, 4.69) is 56.0 Å². The number of hydrogen-bond acceptors (Lipinski definition) is 2. The molecule has 0 bridgehead atoms. The van der Waals surface area contributed by atoms with Gasteiger partial charge in [-0.3, -0.25) is 4.99 Å². The second-order valence-corrected chi connectivity index (χ2v) is 4.03. The first-order valence-corrected chi connectivity index (χ1v) is 5.52. The SMILES string of the molecule is C=N/C(=C\NC)[C@@H](C)c1cccc(C)c1C. The predicted octanol–water partition coefficient (Wildman–Crippen LogP) is 3.17. The topological polar surface area (TPSA) is 24.4 Å². The lowest BCUT2D eigenvalue weighted by molar-refractivity contribution is 0.849. The van der Waals surface area contributed by atoms with Crippen LogP contribution in [0, 0.1) is 13.8 Å². The van der Waals surface area contributed by atoms with Crippen molar-refractivity contribution in [2.45, 2.75) is 26.7 Å². The lowest BCUT2D eigenvalue weighted by Gasteiger charge is -2.16. The van der Waals surface area contributed by atoms with Gasteiger partial charge in [-0.15, -0.1) is 0 Å². The summed E-state index contributed by atoms with van der Waals surface area (Å²) in [6.45, 7) is 10.1. The van der Waals surface area contributed by atoms with Crippen LogP contribution in [0.4, 0.5) is 0 Å². The van der Waals surface area contributed by atoms with E-state index in [4.69, 9.17) is 0 Å². The maximum absolute atomic E-state index is 4.07. The first-order chi connectivity index (χ1) is 7.61. The molecular weight excluding hydrogens is 196 g/mol. The molecule has 0 amide bonds. The standard InChI is InChI=1S/C14H20N2/c1-10-7-6-8-13(11(10)2)12(3)14(16-5)9-15-4/h6-9,12,15H,5H2,1-4H3/b14-9-/t12-/m0/s1. The van der Waals surface area contributed by atoms with Crippen LogP contribution in [0.2, 0.25) is 0 Å². The van der Waals surface area contributed by atoms with Gasteiger partial charge >= 0.3 is 0 Å². The molecule has 16 heavy (non-hydrogen) atoms. The van der Waals surface area contributed by atoms with Gasteiger partial charge in [0.15, 0.2) is 0 Å². The minimum Gasteiger partial charge on any atom is -0.392 e. The van der Waals surface area contributed by atoms with Crippen LogP contribution in [-0.2, 0) is 0 Å². The molecule has 1 rings (SSSR count). The largest absolute Gasteiger partial charge is 0.392 e. The third-order valence-electron chi connectivity index (χ3n) is 3.03. The van der Waals surface area contributed by atoms with Crippen molar-refractivity contribution < 1.29 is 0 Å². The molecule has 0 fully saturated rings. The highest BCUT2D eigenvalue weighted by molar-refractivity contribution is 5.41. The number of allylic oxidation sites excluding steroid dienone is 1. The van der Waals surface area contributed by atoms with Gasteiger partial charge in [-0.1, -0.05) is 25.1 Å². The molecule has 0 aliphatic carbocycles. The Morgan fingerprint density at radius 2 is 2.12 bits per heavy atom. The first-order valence-electron chi connectivity index (χ1n) is 5.52. The minimum absolute atomic E-state index is 0.268. The summed E-state index contributed by atoms with van der Waals surface area (Å²) in [5.41, 5.74) is 4.93. The highest BCUT2D eigenvalue weighted by atomic mass is 14.8. The molecule has 1 aromatic carbocycles. The molecule has 0 radical (unpaired) electrons. The zero-order valence-corrected chi connectivity index (χ0v) is 10.5. The van der Waals surface area contributed by atoms with Crippen LogP contribution >= 0.6 is 0 Å². The van der Waals surface area contributed by atoms with Gasteiger partial charge in [0.05, 0.1) is 5.70 Å². The Hall–Kier alpha value is -1.57. The van der Waals surface area contributed by atoms with Crippen molar-refractivity contribution in [1.82, 2.24) is 5.32 Å². The zero-order chi connectivity index (χ0) is 12.1. The number of rotatable bonds is 4. The van der Waals surface area contributed by atoms with E-state index in [0.29, 0.717) is 0 Å². The first kappa shape index (κ1) is 12.5. The predicted molar refractivity (Wildman–Crippen MR) is 71.0 cm³/mol. The normalized spacial score (nSPS) is 13.4. The maximum Gasteiger partial charge on any atom is 0.0624 e. The van der Waals surface area contributed by atoms with E-state index in [1.807, 2.05) is 13.2 Å². The third-order valence-corrected chi connectivity index (χ3v) is 3.03. The Labute approximate surface area is 98.1 Å².